The Labute approximate surface area is 95.4 Å². The van der Waals surface area contributed by atoms with E-state index in [-0.39, 0.29) is 23.7 Å². The molecule has 2 aliphatic rings. The molecule has 2 fully saturated rings. The van der Waals surface area contributed by atoms with Crippen LogP contribution in [0.3, 0.4) is 0 Å². The summed E-state index contributed by atoms with van der Waals surface area (Å²) < 4.78 is 0. The number of hydrogen-bond donors (Lipinski definition) is 2. The van der Waals surface area contributed by atoms with Gasteiger partial charge in [-0.25, -0.2) is 0 Å². The highest BCUT2D eigenvalue weighted by Gasteiger charge is 2.52. The fourth-order valence-electron chi connectivity index (χ4n) is 2.50. The monoisotopic (exact) mass is 225 g/mol. The summed E-state index contributed by atoms with van der Waals surface area (Å²) in [7, 11) is 0. The number of aliphatic carboxylic acids is 1. The molecule has 90 valence electrons. The van der Waals surface area contributed by atoms with E-state index in [1.54, 1.807) is 0 Å². The Kier molecular flexibility index (Phi) is 2.48. The lowest BCUT2D eigenvalue weighted by Gasteiger charge is -2.41. The van der Waals surface area contributed by atoms with Crippen molar-refractivity contribution in [3.63, 3.8) is 0 Å². The number of carbonyl (C=O) groups excluding carboxylic acids is 1. The Morgan fingerprint density at radius 2 is 1.94 bits per heavy atom. The van der Waals surface area contributed by atoms with Crippen LogP contribution in [-0.4, -0.2) is 22.5 Å². The van der Waals surface area contributed by atoms with Gasteiger partial charge in [-0.1, -0.05) is 13.8 Å². The van der Waals surface area contributed by atoms with E-state index in [4.69, 9.17) is 5.11 Å². The van der Waals surface area contributed by atoms with Crippen LogP contribution in [0.1, 0.15) is 46.0 Å². The average molecular weight is 225 g/mol. The minimum absolute atomic E-state index is 0.0472. The molecule has 0 spiro atoms. The van der Waals surface area contributed by atoms with E-state index in [2.05, 4.69) is 19.2 Å². The highest BCUT2D eigenvalue weighted by atomic mass is 16.4. The maximum Gasteiger partial charge on any atom is 0.305 e. The first-order valence-electron chi connectivity index (χ1n) is 5.89. The predicted molar refractivity (Wildman–Crippen MR) is 58.9 cm³/mol. The second-order valence-corrected chi connectivity index (χ2v) is 5.94. The molecule has 0 aromatic rings. The average Bonchev–Trinajstić information content (AvgIpc) is 2.70. The van der Waals surface area contributed by atoms with Gasteiger partial charge in [0.15, 0.2) is 0 Å². The topological polar surface area (TPSA) is 66.4 Å². The van der Waals surface area contributed by atoms with Crippen molar-refractivity contribution >= 4 is 11.9 Å². The Morgan fingerprint density at radius 1 is 1.38 bits per heavy atom. The van der Waals surface area contributed by atoms with Crippen LogP contribution in [0, 0.1) is 11.3 Å². The van der Waals surface area contributed by atoms with Gasteiger partial charge in [-0.05, 0) is 31.1 Å². The molecule has 0 unspecified atom stereocenters. The van der Waals surface area contributed by atoms with Crippen LogP contribution in [-0.2, 0) is 9.59 Å². The van der Waals surface area contributed by atoms with Crippen molar-refractivity contribution in [3.05, 3.63) is 0 Å². The third kappa shape index (κ3) is 2.06. The molecule has 0 bridgehead atoms. The van der Waals surface area contributed by atoms with Gasteiger partial charge in [-0.15, -0.1) is 0 Å². The van der Waals surface area contributed by atoms with Crippen molar-refractivity contribution in [1.29, 1.82) is 0 Å². The Morgan fingerprint density at radius 3 is 2.25 bits per heavy atom. The van der Waals surface area contributed by atoms with Crippen LogP contribution in [0.5, 0.6) is 0 Å². The Hall–Kier alpha value is -1.06. The Bertz CT molecular complexity index is 331. The number of nitrogens with one attached hydrogen (secondary N) is 1. The largest absolute Gasteiger partial charge is 0.481 e. The van der Waals surface area contributed by atoms with E-state index in [1.165, 1.54) is 0 Å². The molecule has 1 amide bonds. The first kappa shape index (κ1) is 11.4. The van der Waals surface area contributed by atoms with Gasteiger partial charge < -0.3 is 10.4 Å². The van der Waals surface area contributed by atoms with Crippen LogP contribution in [0.2, 0.25) is 0 Å². The lowest BCUT2D eigenvalue weighted by atomic mass is 9.74. The van der Waals surface area contributed by atoms with Crippen LogP contribution in [0.25, 0.3) is 0 Å². The number of hydrogen-bond acceptors (Lipinski definition) is 2. The summed E-state index contributed by atoms with van der Waals surface area (Å²) in [4.78, 5) is 22.7. The number of rotatable bonds is 4. The van der Waals surface area contributed by atoms with Crippen molar-refractivity contribution in [3.8, 4) is 0 Å². The lowest BCUT2D eigenvalue weighted by molar-refractivity contribution is -0.140. The fraction of sp³-hybridized carbons (Fsp3) is 0.833. The van der Waals surface area contributed by atoms with Gasteiger partial charge in [-0.3, -0.25) is 9.59 Å². The smallest absolute Gasteiger partial charge is 0.305 e. The van der Waals surface area contributed by atoms with Crippen molar-refractivity contribution in [2.24, 2.45) is 11.3 Å². The third-order valence-electron chi connectivity index (χ3n) is 4.02. The first-order chi connectivity index (χ1) is 7.35. The Balaban J connectivity index is 1.92. The molecule has 0 aromatic carbocycles. The van der Waals surface area contributed by atoms with E-state index in [0.717, 1.165) is 25.7 Å². The zero-order chi connectivity index (χ0) is 12.0. The van der Waals surface area contributed by atoms with Gasteiger partial charge in [0.05, 0.1) is 12.0 Å². The highest BCUT2D eigenvalue weighted by molar-refractivity contribution is 5.84. The number of carboxylic acid groups (broad SMARTS) is 1. The number of carboxylic acids is 1. The minimum Gasteiger partial charge on any atom is -0.481 e. The number of carbonyl (C=O) groups is 2. The van der Waals surface area contributed by atoms with E-state index in [1.807, 2.05) is 0 Å². The summed E-state index contributed by atoms with van der Waals surface area (Å²) in [5.74, 6) is -0.695. The van der Waals surface area contributed by atoms with Gasteiger partial charge in [0.25, 0.3) is 0 Å². The summed E-state index contributed by atoms with van der Waals surface area (Å²) >= 11 is 0. The molecule has 0 radical (unpaired) electrons. The summed E-state index contributed by atoms with van der Waals surface area (Å²) in [6.07, 6.45) is 3.60. The van der Waals surface area contributed by atoms with Crippen LogP contribution < -0.4 is 5.32 Å². The molecular formula is C12H19NO3. The molecule has 0 aromatic heterocycles. The van der Waals surface area contributed by atoms with Crippen LogP contribution >= 0.6 is 0 Å². The zero-order valence-electron chi connectivity index (χ0n) is 9.88. The highest BCUT2D eigenvalue weighted by Crippen LogP contribution is 2.52. The fourth-order valence-corrected chi connectivity index (χ4v) is 2.50. The van der Waals surface area contributed by atoms with Crippen LogP contribution in [0.4, 0.5) is 0 Å². The second-order valence-electron chi connectivity index (χ2n) is 5.94. The minimum atomic E-state index is -0.824. The molecule has 0 aliphatic heterocycles. The number of amides is 1. The first-order valence-corrected chi connectivity index (χ1v) is 5.89. The van der Waals surface area contributed by atoms with Gasteiger partial charge in [0.2, 0.25) is 5.91 Å². The van der Waals surface area contributed by atoms with Crippen molar-refractivity contribution < 1.29 is 14.7 Å². The molecule has 2 N–H and O–H groups in total. The van der Waals surface area contributed by atoms with Crippen molar-refractivity contribution in [2.45, 2.75) is 51.5 Å². The van der Waals surface area contributed by atoms with E-state index in [9.17, 15) is 9.59 Å². The summed E-state index contributed by atoms with van der Waals surface area (Å²) in [5, 5.41) is 11.8. The van der Waals surface area contributed by atoms with E-state index >= 15 is 0 Å². The zero-order valence-corrected chi connectivity index (χ0v) is 9.88. The summed E-state index contributed by atoms with van der Waals surface area (Å²) in [6.45, 7) is 4.14. The van der Waals surface area contributed by atoms with Gasteiger partial charge in [0, 0.05) is 5.92 Å². The lowest BCUT2D eigenvalue weighted by Crippen LogP contribution is -2.55. The normalized spacial score (nSPS) is 29.0. The molecule has 2 rings (SSSR count). The SMILES string of the molecule is CC1(C)C[C@@H]1C(=O)NC1(CC(=O)O)CCC1. The van der Waals surface area contributed by atoms with Gasteiger partial charge >= 0.3 is 5.97 Å². The molecule has 1 atom stereocenters. The van der Waals surface area contributed by atoms with Crippen molar-refractivity contribution in [1.82, 2.24) is 5.32 Å². The molecule has 16 heavy (non-hydrogen) atoms. The molecule has 2 aliphatic carbocycles. The predicted octanol–water partition coefficient (Wildman–Crippen LogP) is 1.55. The van der Waals surface area contributed by atoms with E-state index < -0.39 is 11.5 Å². The third-order valence-corrected chi connectivity index (χ3v) is 4.02. The summed E-state index contributed by atoms with van der Waals surface area (Å²) in [6, 6.07) is 0. The second kappa shape index (κ2) is 3.47. The van der Waals surface area contributed by atoms with Gasteiger partial charge in [-0.2, -0.15) is 0 Å². The maximum absolute atomic E-state index is 11.9. The molecule has 2 saturated carbocycles. The molecule has 0 saturated heterocycles. The van der Waals surface area contributed by atoms with Gasteiger partial charge in [0.1, 0.15) is 0 Å². The molecular weight excluding hydrogens is 206 g/mol. The molecule has 4 nitrogen and oxygen atoms in total. The standard InChI is InChI=1S/C12H19NO3/c1-11(2)6-8(11)10(16)13-12(4-3-5-12)7-9(14)15/h8H,3-7H2,1-2H3,(H,13,16)(H,14,15)/t8-/m1/s1. The molecule has 4 heteroatoms. The van der Waals surface area contributed by atoms with E-state index in [0.29, 0.717) is 0 Å². The molecule has 0 heterocycles. The van der Waals surface area contributed by atoms with Crippen LogP contribution in [0.15, 0.2) is 0 Å². The quantitative estimate of drug-likeness (QED) is 0.762. The maximum atomic E-state index is 11.9. The van der Waals surface area contributed by atoms with Crippen molar-refractivity contribution in [2.75, 3.05) is 0 Å². The summed E-state index contributed by atoms with van der Waals surface area (Å²) in [5.41, 5.74) is -0.334.